The summed E-state index contributed by atoms with van der Waals surface area (Å²) in [7, 11) is 4.14. The van der Waals surface area contributed by atoms with Crippen molar-refractivity contribution in [3.63, 3.8) is 0 Å². The summed E-state index contributed by atoms with van der Waals surface area (Å²) in [6.45, 7) is 9.48. The van der Waals surface area contributed by atoms with Gasteiger partial charge < -0.3 is 24.3 Å². The first-order valence-electron chi connectivity index (χ1n) is 10.8. The van der Waals surface area contributed by atoms with Gasteiger partial charge in [0, 0.05) is 57.7 Å². The summed E-state index contributed by atoms with van der Waals surface area (Å²) in [6.07, 6.45) is 2.07. The van der Waals surface area contributed by atoms with E-state index in [1.165, 1.54) is 5.69 Å². The van der Waals surface area contributed by atoms with Gasteiger partial charge in [-0.25, -0.2) is 4.99 Å². The molecule has 2 aromatic rings. The van der Waals surface area contributed by atoms with Crippen LogP contribution in [0.3, 0.4) is 0 Å². The van der Waals surface area contributed by atoms with Crippen molar-refractivity contribution in [2.24, 2.45) is 12.0 Å². The molecule has 2 heterocycles. The first-order chi connectivity index (χ1) is 14.7. The summed E-state index contributed by atoms with van der Waals surface area (Å²) >= 11 is 0. The molecule has 0 amide bonds. The van der Waals surface area contributed by atoms with E-state index in [-0.39, 0.29) is 24.0 Å². The molecule has 0 saturated carbocycles. The third-order valence-corrected chi connectivity index (χ3v) is 5.29. The van der Waals surface area contributed by atoms with Gasteiger partial charge in [0.2, 0.25) is 0 Å². The number of morpholine rings is 1. The molecular weight excluding hydrogens is 505 g/mol. The lowest BCUT2D eigenvalue weighted by Crippen LogP contribution is -2.39. The van der Waals surface area contributed by atoms with Crippen LogP contribution in [0.4, 0.5) is 0 Å². The summed E-state index contributed by atoms with van der Waals surface area (Å²) < 4.78 is 13.6. The molecule has 1 aromatic heterocycles. The Labute approximate surface area is 203 Å². The molecule has 8 heteroatoms. The highest BCUT2D eigenvalue weighted by Gasteiger charge is 2.12. The van der Waals surface area contributed by atoms with Crippen molar-refractivity contribution in [3.05, 3.63) is 53.9 Å². The zero-order valence-electron chi connectivity index (χ0n) is 18.9. The van der Waals surface area contributed by atoms with Gasteiger partial charge in [0.25, 0.3) is 0 Å². The van der Waals surface area contributed by atoms with Crippen LogP contribution in [-0.2, 0) is 24.9 Å². The number of halogens is 1. The smallest absolute Gasteiger partial charge is 0.194 e. The molecule has 0 atom stereocenters. The molecule has 31 heavy (non-hydrogen) atoms. The van der Waals surface area contributed by atoms with E-state index in [9.17, 15) is 0 Å². The Kier molecular flexibility index (Phi) is 11.2. The molecule has 1 aliphatic rings. The van der Waals surface area contributed by atoms with Crippen molar-refractivity contribution >= 4 is 29.9 Å². The van der Waals surface area contributed by atoms with Crippen LogP contribution in [0.1, 0.15) is 18.2 Å². The largest absolute Gasteiger partial charge is 0.492 e. The maximum atomic E-state index is 6.10. The summed E-state index contributed by atoms with van der Waals surface area (Å²) in [6, 6.07) is 12.4. The fourth-order valence-corrected chi connectivity index (χ4v) is 3.49. The van der Waals surface area contributed by atoms with Crippen LogP contribution >= 0.6 is 24.0 Å². The second-order valence-electron chi connectivity index (χ2n) is 7.55. The van der Waals surface area contributed by atoms with Crippen LogP contribution in [0.5, 0.6) is 5.75 Å². The maximum absolute atomic E-state index is 6.10. The van der Waals surface area contributed by atoms with Gasteiger partial charge in [-0.2, -0.15) is 0 Å². The second-order valence-corrected chi connectivity index (χ2v) is 7.55. The lowest BCUT2D eigenvalue weighted by Gasteiger charge is -2.26. The topological polar surface area (TPSA) is 54.3 Å². The molecule has 1 aromatic carbocycles. The third-order valence-electron chi connectivity index (χ3n) is 5.29. The van der Waals surface area contributed by atoms with Crippen molar-refractivity contribution in [1.82, 2.24) is 19.7 Å². The minimum absolute atomic E-state index is 0. The zero-order chi connectivity index (χ0) is 21.2. The van der Waals surface area contributed by atoms with Gasteiger partial charge in [0.05, 0.1) is 26.3 Å². The molecule has 0 radical (unpaired) electrons. The predicted octanol–water partition coefficient (Wildman–Crippen LogP) is 2.95. The lowest BCUT2D eigenvalue weighted by atomic mass is 10.2. The number of hydrogen-bond acceptors (Lipinski definition) is 4. The Morgan fingerprint density at radius 2 is 1.97 bits per heavy atom. The van der Waals surface area contributed by atoms with Gasteiger partial charge in [-0.05, 0) is 25.1 Å². The SMILES string of the molecule is CCNC(=NCc1ccccc1OCCN1CCOCC1)N(C)Cc1cccn1C.I. The number of hydrogen-bond donors (Lipinski definition) is 1. The molecule has 1 N–H and O–H groups in total. The van der Waals surface area contributed by atoms with Crippen molar-refractivity contribution in [3.8, 4) is 5.75 Å². The van der Waals surface area contributed by atoms with E-state index in [0.29, 0.717) is 13.2 Å². The van der Waals surface area contributed by atoms with E-state index in [2.05, 4.69) is 65.1 Å². The van der Waals surface area contributed by atoms with E-state index in [1.807, 2.05) is 18.2 Å². The van der Waals surface area contributed by atoms with Crippen LogP contribution in [-0.4, -0.2) is 73.4 Å². The number of guanidine groups is 1. The van der Waals surface area contributed by atoms with Gasteiger partial charge in [0.1, 0.15) is 12.4 Å². The Balaban J connectivity index is 0.00000341. The molecule has 1 aliphatic heterocycles. The molecule has 0 aliphatic carbocycles. The minimum atomic E-state index is 0. The van der Waals surface area contributed by atoms with Crippen LogP contribution < -0.4 is 10.1 Å². The van der Waals surface area contributed by atoms with Crippen LogP contribution in [0.15, 0.2) is 47.6 Å². The highest BCUT2D eigenvalue weighted by Crippen LogP contribution is 2.19. The Morgan fingerprint density at radius 1 is 1.19 bits per heavy atom. The van der Waals surface area contributed by atoms with Gasteiger partial charge in [-0.15, -0.1) is 24.0 Å². The predicted molar refractivity (Wildman–Crippen MR) is 136 cm³/mol. The molecule has 0 unspecified atom stereocenters. The molecule has 0 bridgehead atoms. The normalized spacial score (nSPS) is 14.7. The first-order valence-corrected chi connectivity index (χ1v) is 10.8. The number of nitrogens with zero attached hydrogens (tertiary/aromatic N) is 4. The Morgan fingerprint density at radius 3 is 2.68 bits per heavy atom. The molecule has 172 valence electrons. The van der Waals surface area contributed by atoms with Crippen molar-refractivity contribution in [2.75, 3.05) is 53.0 Å². The quantitative estimate of drug-likeness (QED) is 0.301. The van der Waals surface area contributed by atoms with Gasteiger partial charge >= 0.3 is 0 Å². The highest BCUT2D eigenvalue weighted by molar-refractivity contribution is 14.0. The molecule has 7 nitrogen and oxygen atoms in total. The van der Waals surface area contributed by atoms with E-state index in [0.717, 1.165) is 63.2 Å². The minimum Gasteiger partial charge on any atom is -0.492 e. The number of aliphatic imine (C=N–C) groups is 1. The lowest BCUT2D eigenvalue weighted by molar-refractivity contribution is 0.0322. The standard InChI is InChI=1S/C23H35N5O2.HI/c1-4-24-23(27(3)19-21-9-7-11-26(21)2)25-18-20-8-5-6-10-22(20)30-17-14-28-12-15-29-16-13-28;/h5-11H,4,12-19H2,1-3H3,(H,24,25);1H. The average molecular weight is 541 g/mol. The highest BCUT2D eigenvalue weighted by atomic mass is 127. The summed E-state index contributed by atoms with van der Waals surface area (Å²) in [4.78, 5) is 9.40. The Hall–Kier alpha value is -1.78. The Bertz CT molecular complexity index is 805. The number of aryl methyl sites for hydroxylation is 1. The number of aromatic nitrogens is 1. The average Bonchev–Trinajstić information content (AvgIpc) is 3.17. The maximum Gasteiger partial charge on any atom is 0.194 e. The number of benzene rings is 1. The fourth-order valence-electron chi connectivity index (χ4n) is 3.49. The van der Waals surface area contributed by atoms with E-state index in [4.69, 9.17) is 14.5 Å². The summed E-state index contributed by atoms with van der Waals surface area (Å²) in [5, 5.41) is 3.40. The van der Waals surface area contributed by atoms with Crippen molar-refractivity contribution < 1.29 is 9.47 Å². The van der Waals surface area contributed by atoms with E-state index < -0.39 is 0 Å². The molecular formula is C23H36IN5O2. The van der Waals surface area contributed by atoms with Gasteiger partial charge in [0.15, 0.2) is 5.96 Å². The zero-order valence-corrected chi connectivity index (χ0v) is 21.2. The van der Waals surface area contributed by atoms with Crippen molar-refractivity contribution in [1.29, 1.82) is 0 Å². The molecule has 0 spiro atoms. The van der Waals surface area contributed by atoms with Crippen LogP contribution in [0.25, 0.3) is 0 Å². The van der Waals surface area contributed by atoms with E-state index in [1.54, 1.807) is 0 Å². The van der Waals surface area contributed by atoms with Crippen molar-refractivity contribution in [2.45, 2.75) is 20.0 Å². The third kappa shape index (κ3) is 8.01. The number of ether oxygens (including phenoxy) is 2. The van der Waals surface area contributed by atoms with Gasteiger partial charge in [-0.1, -0.05) is 18.2 Å². The van der Waals surface area contributed by atoms with E-state index >= 15 is 0 Å². The number of nitrogens with one attached hydrogen (secondary N) is 1. The molecule has 3 rings (SSSR count). The fraction of sp³-hybridized carbons (Fsp3) is 0.522. The van der Waals surface area contributed by atoms with Gasteiger partial charge in [-0.3, -0.25) is 4.90 Å². The number of rotatable bonds is 9. The second kappa shape index (κ2) is 13.6. The van der Waals surface area contributed by atoms with Crippen LogP contribution in [0.2, 0.25) is 0 Å². The first kappa shape index (κ1) is 25.5. The molecule has 1 saturated heterocycles. The number of para-hydroxylation sites is 1. The summed E-state index contributed by atoms with van der Waals surface area (Å²) in [5.74, 6) is 1.80. The monoisotopic (exact) mass is 541 g/mol. The molecule has 1 fully saturated rings. The van der Waals surface area contributed by atoms with Crippen LogP contribution in [0, 0.1) is 0 Å². The summed E-state index contributed by atoms with van der Waals surface area (Å²) in [5.41, 5.74) is 2.34.